The first-order valence-corrected chi connectivity index (χ1v) is 5.27. The fourth-order valence-electron chi connectivity index (χ4n) is 1.88. The minimum absolute atomic E-state index is 0.0880. The number of rotatable bonds is 3. The number of carbonyl (C=O) groups excluding carboxylic acids is 1. The van der Waals surface area contributed by atoms with Crippen LogP contribution >= 0.6 is 0 Å². The van der Waals surface area contributed by atoms with Gasteiger partial charge in [-0.2, -0.15) is 0 Å². The third-order valence-corrected chi connectivity index (χ3v) is 2.89. The first-order valence-electron chi connectivity index (χ1n) is 8.27. The van der Waals surface area contributed by atoms with Gasteiger partial charge in [-0.1, -0.05) is 6.92 Å². The minimum atomic E-state index is -2.51. The van der Waals surface area contributed by atoms with Crippen molar-refractivity contribution in [2.24, 2.45) is 18.8 Å². The molecule has 0 saturated carbocycles. The Morgan fingerprint density at radius 1 is 1.88 bits per heavy atom. The molecule has 0 bridgehead atoms. The van der Waals surface area contributed by atoms with Crippen molar-refractivity contribution in [2.75, 3.05) is 6.56 Å². The molecule has 4 nitrogen and oxygen atoms in total. The summed E-state index contributed by atoms with van der Waals surface area (Å²) in [7, 11) is 0. The van der Waals surface area contributed by atoms with Crippen molar-refractivity contribution < 1.29 is 17.8 Å². The number of esters is 1. The van der Waals surface area contributed by atoms with Gasteiger partial charge < -0.3 is 9.30 Å². The quantitative estimate of drug-likeness (QED) is 0.736. The lowest BCUT2D eigenvalue weighted by atomic mass is 9.89. The summed E-state index contributed by atoms with van der Waals surface area (Å²) in [5.41, 5.74) is 0.100. The van der Waals surface area contributed by atoms with Gasteiger partial charge in [-0.3, -0.25) is 4.79 Å². The zero-order chi connectivity index (χ0) is 16.9. The molecule has 1 aromatic heterocycles. The zero-order valence-corrected chi connectivity index (χ0v) is 9.28. The van der Waals surface area contributed by atoms with Gasteiger partial charge in [-0.05, 0) is 19.8 Å². The summed E-state index contributed by atoms with van der Waals surface area (Å²) in [4.78, 5) is 15.6. The second kappa shape index (κ2) is 4.28. The molecule has 2 heterocycles. The van der Waals surface area contributed by atoms with Gasteiger partial charge in [0.05, 0.1) is 16.6 Å². The molecule has 1 aliphatic heterocycles. The molecule has 1 saturated heterocycles. The van der Waals surface area contributed by atoms with Crippen LogP contribution in [0.4, 0.5) is 0 Å². The molecular weight excluding hydrogens is 204 g/mol. The highest BCUT2D eigenvalue weighted by atomic mass is 16.5. The Labute approximate surface area is 104 Å². The number of ether oxygens (including phenoxy) is 1. The third-order valence-electron chi connectivity index (χ3n) is 2.89. The number of cyclic esters (lactones) is 1. The SMILES string of the molecule is [2H]c1nc(C)n(C([2H])([2H])[2H])c1C[C@@H]1[C@H](CC)C(=O)OC1([2H])[2H]. The predicted octanol–water partition coefficient (Wildman–Crippen LogP) is 1.47. The van der Waals surface area contributed by atoms with E-state index in [1.54, 1.807) is 6.92 Å². The van der Waals surface area contributed by atoms with Crippen molar-refractivity contribution >= 4 is 5.97 Å². The number of nitrogens with zero attached hydrogens (tertiary/aromatic N) is 2. The highest BCUT2D eigenvalue weighted by molar-refractivity contribution is 5.74. The van der Waals surface area contributed by atoms with Crippen molar-refractivity contribution in [1.29, 1.82) is 0 Å². The van der Waals surface area contributed by atoms with Gasteiger partial charge in [0, 0.05) is 28.9 Å². The van der Waals surface area contributed by atoms with E-state index in [9.17, 15) is 4.79 Å². The number of hydrogen-bond donors (Lipinski definition) is 0. The summed E-state index contributed by atoms with van der Waals surface area (Å²) in [6.07, 6.45) is 0.0886. The van der Waals surface area contributed by atoms with E-state index in [-0.39, 0.29) is 24.1 Å². The topological polar surface area (TPSA) is 44.1 Å². The van der Waals surface area contributed by atoms with Crippen molar-refractivity contribution in [3.63, 3.8) is 0 Å². The van der Waals surface area contributed by atoms with Crippen molar-refractivity contribution in [2.45, 2.75) is 26.7 Å². The van der Waals surface area contributed by atoms with Gasteiger partial charge in [-0.15, -0.1) is 0 Å². The summed E-state index contributed by atoms with van der Waals surface area (Å²) >= 11 is 0. The molecule has 1 fully saturated rings. The lowest BCUT2D eigenvalue weighted by Crippen LogP contribution is -2.18. The van der Waals surface area contributed by atoms with E-state index in [4.69, 9.17) is 13.0 Å². The van der Waals surface area contributed by atoms with Crippen LogP contribution in [0.3, 0.4) is 0 Å². The molecule has 1 aromatic rings. The second-order valence-electron chi connectivity index (χ2n) is 3.92. The van der Waals surface area contributed by atoms with E-state index in [0.717, 1.165) is 4.57 Å². The number of aryl methyl sites for hydroxylation is 1. The zero-order valence-electron chi connectivity index (χ0n) is 15.3. The average molecular weight is 228 g/mol. The summed E-state index contributed by atoms with van der Waals surface area (Å²) < 4.78 is 52.0. The largest absolute Gasteiger partial charge is 0.465 e. The smallest absolute Gasteiger partial charge is 0.309 e. The fourth-order valence-corrected chi connectivity index (χ4v) is 1.88. The molecular formula is C12H18N2O2. The monoisotopic (exact) mass is 228 g/mol. The molecule has 0 N–H and O–H groups in total. The standard InChI is InChI=1S/C12H18N2O2/c1-4-11-9(7-16-12(11)15)5-10-6-13-8(2)14(10)3/h6,9,11H,4-5,7H2,1-3H3/t9-,11-/m0/s1/i3D3,6D,7D2. The van der Waals surface area contributed by atoms with Crippen LogP contribution in [-0.2, 0) is 22.9 Å². The predicted molar refractivity (Wildman–Crippen MR) is 59.9 cm³/mol. The Bertz CT molecular complexity index is 595. The molecule has 0 aromatic carbocycles. The van der Waals surface area contributed by atoms with Crippen molar-refractivity contribution in [3.8, 4) is 0 Å². The van der Waals surface area contributed by atoms with Crippen molar-refractivity contribution in [3.05, 3.63) is 17.7 Å². The molecule has 2 atom stereocenters. The van der Waals surface area contributed by atoms with Gasteiger partial charge in [-0.25, -0.2) is 4.98 Å². The molecule has 0 radical (unpaired) electrons. The van der Waals surface area contributed by atoms with E-state index in [2.05, 4.69) is 4.98 Å². The Kier molecular flexibility index (Phi) is 1.56. The average Bonchev–Trinajstić information content (AvgIpc) is 2.73. The molecule has 0 aliphatic carbocycles. The maximum absolute atomic E-state index is 11.8. The third kappa shape index (κ3) is 1.84. The molecule has 2 rings (SSSR count). The molecule has 1 aliphatic rings. The highest BCUT2D eigenvalue weighted by Gasteiger charge is 2.35. The van der Waals surface area contributed by atoms with E-state index in [0.29, 0.717) is 6.42 Å². The number of carbonyl (C=O) groups is 1. The first kappa shape index (κ1) is 5.84. The summed E-state index contributed by atoms with van der Waals surface area (Å²) in [5.74, 6) is -1.96. The summed E-state index contributed by atoms with van der Waals surface area (Å²) in [6, 6.07) is 0. The van der Waals surface area contributed by atoms with E-state index >= 15 is 0 Å². The Morgan fingerprint density at radius 2 is 2.69 bits per heavy atom. The van der Waals surface area contributed by atoms with Crippen LogP contribution < -0.4 is 0 Å². The Morgan fingerprint density at radius 3 is 3.38 bits per heavy atom. The Balaban J connectivity index is 2.44. The van der Waals surface area contributed by atoms with E-state index in [1.165, 1.54) is 6.92 Å². The Hall–Kier alpha value is -1.32. The van der Waals surface area contributed by atoms with Crippen LogP contribution in [-0.4, -0.2) is 22.1 Å². The van der Waals surface area contributed by atoms with Gasteiger partial charge >= 0.3 is 5.97 Å². The van der Waals surface area contributed by atoms with Crippen LogP contribution in [0.2, 0.25) is 0 Å². The maximum atomic E-state index is 11.8. The van der Waals surface area contributed by atoms with Gasteiger partial charge in [0.15, 0.2) is 0 Å². The molecule has 4 heteroatoms. The summed E-state index contributed by atoms with van der Waals surface area (Å²) in [5, 5.41) is 0. The van der Waals surface area contributed by atoms with Crippen LogP contribution in [0, 0.1) is 18.8 Å². The van der Waals surface area contributed by atoms with Gasteiger partial charge in [0.2, 0.25) is 0 Å². The van der Waals surface area contributed by atoms with Crippen LogP contribution in [0.15, 0.2) is 6.17 Å². The van der Waals surface area contributed by atoms with Gasteiger partial charge in [0.1, 0.15) is 5.82 Å². The second-order valence-corrected chi connectivity index (χ2v) is 3.92. The number of aromatic nitrogens is 2. The van der Waals surface area contributed by atoms with Crippen LogP contribution in [0.25, 0.3) is 0 Å². The van der Waals surface area contributed by atoms with Crippen LogP contribution in [0.1, 0.15) is 33.1 Å². The summed E-state index contributed by atoms with van der Waals surface area (Å²) in [6.45, 7) is -1.46. The molecule has 88 valence electrons. The highest BCUT2D eigenvalue weighted by Crippen LogP contribution is 2.28. The van der Waals surface area contributed by atoms with E-state index < -0.39 is 31.3 Å². The maximum Gasteiger partial charge on any atom is 0.309 e. The molecule has 16 heavy (non-hydrogen) atoms. The van der Waals surface area contributed by atoms with Crippen LogP contribution in [0.5, 0.6) is 0 Å². The number of imidazole rings is 1. The molecule has 0 spiro atoms. The molecule has 0 amide bonds. The minimum Gasteiger partial charge on any atom is -0.465 e. The first-order chi connectivity index (χ1) is 9.99. The van der Waals surface area contributed by atoms with E-state index in [1.807, 2.05) is 0 Å². The van der Waals surface area contributed by atoms with Crippen molar-refractivity contribution in [1.82, 2.24) is 9.55 Å². The fraction of sp³-hybridized carbons (Fsp3) is 0.667. The lowest BCUT2D eigenvalue weighted by molar-refractivity contribution is -0.141. The normalized spacial score (nSPS) is 34.2. The van der Waals surface area contributed by atoms with Gasteiger partial charge in [0.25, 0.3) is 0 Å². The molecule has 0 unspecified atom stereocenters. The number of hydrogen-bond acceptors (Lipinski definition) is 3. The lowest BCUT2D eigenvalue weighted by Gasteiger charge is -2.13.